The van der Waals surface area contributed by atoms with Gasteiger partial charge in [-0.15, -0.1) is 0 Å². The highest BCUT2D eigenvalue weighted by Crippen LogP contribution is 2.53. The SMILES string of the molecule is CNC1=Nc2cc(C#CC(C)N3CC4CC4C3)c(OC)cc2C12CCC2. The fourth-order valence-electron chi connectivity index (χ4n) is 5.02. The summed E-state index contributed by atoms with van der Waals surface area (Å²) in [6.07, 6.45) is 5.03. The summed E-state index contributed by atoms with van der Waals surface area (Å²) in [4.78, 5) is 7.39. The predicted octanol–water partition coefficient (Wildman–Crippen LogP) is 3.07. The van der Waals surface area contributed by atoms with Crippen molar-refractivity contribution in [2.75, 3.05) is 27.2 Å². The number of hydrogen-bond acceptors (Lipinski definition) is 4. The van der Waals surface area contributed by atoms with E-state index in [1.54, 1.807) is 7.11 Å². The van der Waals surface area contributed by atoms with Gasteiger partial charge in [0.2, 0.25) is 0 Å². The van der Waals surface area contributed by atoms with Crippen LogP contribution < -0.4 is 10.1 Å². The number of likely N-dealkylation sites (tertiary alicyclic amines) is 1. The van der Waals surface area contributed by atoms with E-state index in [2.05, 4.69) is 41.1 Å². The van der Waals surface area contributed by atoms with Gasteiger partial charge >= 0.3 is 0 Å². The first-order valence-corrected chi connectivity index (χ1v) is 9.89. The van der Waals surface area contributed by atoms with Gasteiger partial charge < -0.3 is 10.1 Å². The highest BCUT2D eigenvalue weighted by molar-refractivity contribution is 6.01. The van der Waals surface area contributed by atoms with Crippen LogP contribution in [0.25, 0.3) is 0 Å². The second-order valence-electron chi connectivity index (χ2n) is 8.37. The number of piperidine rings is 1. The van der Waals surface area contributed by atoms with Gasteiger partial charge in [-0.3, -0.25) is 4.90 Å². The molecule has 3 atom stereocenters. The third-order valence-electron chi connectivity index (χ3n) is 6.93. The lowest BCUT2D eigenvalue weighted by Gasteiger charge is -2.40. The van der Waals surface area contributed by atoms with Crippen LogP contribution >= 0.6 is 0 Å². The van der Waals surface area contributed by atoms with Crippen molar-refractivity contribution in [3.63, 3.8) is 0 Å². The Hall–Kier alpha value is -1.99. The summed E-state index contributed by atoms with van der Waals surface area (Å²) in [6.45, 7) is 4.67. The van der Waals surface area contributed by atoms with Crippen molar-refractivity contribution in [3.05, 3.63) is 23.3 Å². The zero-order valence-corrected chi connectivity index (χ0v) is 15.9. The third kappa shape index (κ3) is 2.30. The fraction of sp³-hybridized carbons (Fsp3) is 0.591. The highest BCUT2D eigenvalue weighted by atomic mass is 16.5. The van der Waals surface area contributed by atoms with Crippen LogP contribution in [-0.4, -0.2) is 44.0 Å². The molecule has 0 amide bonds. The van der Waals surface area contributed by atoms with Crippen LogP contribution in [0.2, 0.25) is 0 Å². The van der Waals surface area contributed by atoms with Crippen LogP contribution in [0.5, 0.6) is 5.75 Å². The first-order valence-electron chi connectivity index (χ1n) is 9.89. The number of nitrogens with zero attached hydrogens (tertiary/aromatic N) is 2. The van der Waals surface area contributed by atoms with Crippen molar-refractivity contribution in [2.24, 2.45) is 16.8 Å². The first kappa shape index (κ1) is 16.2. The summed E-state index contributed by atoms with van der Waals surface area (Å²) < 4.78 is 5.70. The van der Waals surface area contributed by atoms with Crippen LogP contribution in [0.15, 0.2) is 17.1 Å². The summed E-state index contributed by atoms with van der Waals surface area (Å²) in [7, 11) is 3.72. The van der Waals surface area contributed by atoms with Crippen LogP contribution in [0, 0.1) is 23.7 Å². The van der Waals surface area contributed by atoms with E-state index >= 15 is 0 Å². The third-order valence-corrected chi connectivity index (χ3v) is 6.93. The summed E-state index contributed by atoms with van der Waals surface area (Å²) in [5, 5.41) is 3.32. The van der Waals surface area contributed by atoms with Gasteiger partial charge in [-0.1, -0.05) is 18.3 Å². The molecule has 1 N–H and O–H groups in total. The van der Waals surface area contributed by atoms with Crippen molar-refractivity contribution in [1.82, 2.24) is 10.2 Å². The fourth-order valence-corrected chi connectivity index (χ4v) is 5.02. The number of methoxy groups -OCH3 is 1. The highest BCUT2D eigenvalue weighted by Gasteiger charge is 2.48. The standard InChI is InChI=1S/C22H27N3O/c1-14(25-12-16-9-17(16)13-25)5-6-15-10-19-18(11-20(15)26-3)22(7-4-8-22)21(23-2)24-19/h10-11,14,16-17H,4,7-9,12-13H2,1-3H3,(H,23,24). The molecule has 3 unspecified atom stereocenters. The molecule has 5 rings (SSSR count). The van der Waals surface area contributed by atoms with Crippen LogP contribution in [0.4, 0.5) is 5.69 Å². The lowest BCUT2D eigenvalue weighted by Crippen LogP contribution is -2.45. The van der Waals surface area contributed by atoms with Gasteiger partial charge in [0.15, 0.2) is 0 Å². The molecule has 136 valence electrons. The zero-order valence-electron chi connectivity index (χ0n) is 15.9. The van der Waals surface area contributed by atoms with E-state index in [0.717, 1.165) is 34.7 Å². The average Bonchev–Trinajstić information content (AvgIpc) is 3.09. The minimum atomic E-state index is 0.0905. The smallest absolute Gasteiger partial charge is 0.134 e. The van der Waals surface area contributed by atoms with E-state index < -0.39 is 0 Å². The Balaban J connectivity index is 1.45. The molecule has 0 radical (unpaired) electrons. The molecule has 1 saturated heterocycles. The van der Waals surface area contributed by atoms with Gasteiger partial charge in [-0.2, -0.15) is 0 Å². The molecule has 2 aliphatic heterocycles. The Morgan fingerprint density at radius 2 is 2.08 bits per heavy atom. The lowest BCUT2D eigenvalue weighted by atomic mass is 9.64. The topological polar surface area (TPSA) is 36.9 Å². The maximum Gasteiger partial charge on any atom is 0.134 e. The summed E-state index contributed by atoms with van der Waals surface area (Å²) in [5.41, 5.74) is 3.42. The molecule has 4 aliphatic rings. The Labute approximate surface area is 156 Å². The first-order chi connectivity index (χ1) is 12.6. The van der Waals surface area contributed by atoms with Gasteiger partial charge in [-0.05, 0) is 55.7 Å². The number of likely N-dealkylation sites (N-methyl/N-ethyl adjacent to an activating group) is 1. The average molecular weight is 349 g/mol. The molecule has 1 aromatic carbocycles. The molecule has 2 saturated carbocycles. The molecule has 26 heavy (non-hydrogen) atoms. The molecule has 4 nitrogen and oxygen atoms in total. The molecule has 0 aromatic heterocycles. The molecular formula is C22H27N3O. The van der Waals surface area contributed by atoms with E-state index in [9.17, 15) is 0 Å². The second kappa shape index (κ2) is 5.76. The number of fused-ring (bicyclic) bond motifs is 3. The molecule has 3 fully saturated rings. The maximum absolute atomic E-state index is 5.70. The minimum Gasteiger partial charge on any atom is -0.495 e. The van der Waals surface area contributed by atoms with Gasteiger partial charge in [0.1, 0.15) is 11.6 Å². The number of nitrogens with one attached hydrogen (secondary N) is 1. The monoisotopic (exact) mass is 349 g/mol. The molecule has 4 heteroatoms. The summed E-state index contributed by atoms with van der Waals surface area (Å²) >= 11 is 0. The molecule has 1 aromatic rings. The van der Waals surface area contributed by atoms with Crippen LogP contribution in [0.1, 0.15) is 43.7 Å². The number of ether oxygens (including phenoxy) is 1. The Morgan fingerprint density at radius 3 is 2.69 bits per heavy atom. The van der Waals surface area contributed by atoms with E-state index in [-0.39, 0.29) is 5.41 Å². The number of benzene rings is 1. The molecule has 1 spiro atoms. The predicted molar refractivity (Wildman–Crippen MR) is 104 cm³/mol. The van der Waals surface area contributed by atoms with Gasteiger partial charge in [0.25, 0.3) is 0 Å². The quantitative estimate of drug-likeness (QED) is 0.834. The lowest BCUT2D eigenvalue weighted by molar-refractivity contribution is 0.276. The zero-order chi connectivity index (χ0) is 17.9. The van der Waals surface area contributed by atoms with E-state index in [1.165, 1.54) is 44.3 Å². The van der Waals surface area contributed by atoms with E-state index in [4.69, 9.17) is 9.73 Å². The Morgan fingerprint density at radius 1 is 1.31 bits per heavy atom. The number of hydrogen-bond donors (Lipinski definition) is 1. The van der Waals surface area contributed by atoms with Crippen LogP contribution in [0.3, 0.4) is 0 Å². The van der Waals surface area contributed by atoms with Crippen molar-refractivity contribution < 1.29 is 4.74 Å². The van der Waals surface area contributed by atoms with Crippen molar-refractivity contribution in [1.29, 1.82) is 0 Å². The van der Waals surface area contributed by atoms with Crippen molar-refractivity contribution >= 4 is 11.5 Å². The van der Waals surface area contributed by atoms with Crippen molar-refractivity contribution in [3.8, 4) is 17.6 Å². The molecule has 0 bridgehead atoms. The second-order valence-corrected chi connectivity index (χ2v) is 8.37. The molecule has 2 heterocycles. The summed E-state index contributed by atoms with van der Waals surface area (Å²) in [6, 6.07) is 4.61. The maximum atomic E-state index is 5.70. The normalized spacial score (nSPS) is 28.3. The van der Waals surface area contributed by atoms with E-state index in [0.29, 0.717) is 6.04 Å². The van der Waals surface area contributed by atoms with Gasteiger partial charge in [-0.25, -0.2) is 4.99 Å². The minimum absolute atomic E-state index is 0.0905. The van der Waals surface area contributed by atoms with Crippen LogP contribution in [-0.2, 0) is 5.41 Å². The Bertz CT molecular complexity index is 833. The van der Waals surface area contributed by atoms with Gasteiger partial charge in [0.05, 0.1) is 29.8 Å². The van der Waals surface area contributed by atoms with E-state index in [1.807, 2.05) is 7.05 Å². The Kier molecular flexibility index (Phi) is 3.59. The number of rotatable bonds is 2. The summed E-state index contributed by atoms with van der Waals surface area (Å²) in [5.74, 6) is 10.7. The molecule has 2 aliphatic carbocycles. The van der Waals surface area contributed by atoms with Gasteiger partial charge in [0, 0.05) is 20.1 Å². The number of amidine groups is 1. The number of aliphatic imine (C=N–C) groups is 1. The largest absolute Gasteiger partial charge is 0.495 e. The van der Waals surface area contributed by atoms with Crippen molar-refractivity contribution in [2.45, 2.75) is 44.1 Å². The molecular weight excluding hydrogens is 322 g/mol.